The van der Waals surface area contributed by atoms with Crippen molar-refractivity contribution in [2.45, 2.75) is 23.7 Å². The summed E-state index contributed by atoms with van der Waals surface area (Å²) in [5.41, 5.74) is 2.04. The second kappa shape index (κ2) is 10.4. The van der Waals surface area contributed by atoms with E-state index in [1.165, 1.54) is 0 Å². The van der Waals surface area contributed by atoms with Crippen molar-refractivity contribution < 1.29 is 51.0 Å². The maximum Gasteiger partial charge on any atom is 0.256 e. The molecule has 0 saturated carbocycles. The standard InChI is InChI=1S/C16H17F2INO2S.Y/c1-10-7-11(22-9-23-2)3-4-12(10)14-6-5-13(19)16(21)20(14)8-15(17)18;/h3-4,7,13,15H,5,8-9H2,1-2H3;/q-1;. The van der Waals surface area contributed by atoms with Gasteiger partial charge in [-0.1, -0.05) is 35.9 Å². The minimum absolute atomic E-state index is 0. The molecule has 1 amide bonds. The molecule has 0 fully saturated rings. The number of alkyl halides is 3. The summed E-state index contributed by atoms with van der Waals surface area (Å²) < 4.78 is 30.9. The molecule has 24 heavy (non-hydrogen) atoms. The summed E-state index contributed by atoms with van der Waals surface area (Å²) in [6.07, 6.45) is 2.90. The fourth-order valence-corrected chi connectivity index (χ4v) is 3.14. The van der Waals surface area contributed by atoms with Crippen LogP contribution in [0.4, 0.5) is 8.78 Å². The number of benzene rings is 1. The van der Waals surface area contributed by atoms with Crippen LogP contribution in [-0.2, 0) is 37.5 Å². The molecule has 2 rings (SSSR count). The maximum atomic E-state index is 12.9. The van der Waals surface area contributed by atoms with Gasteiger partial charge in [0.1, 0.15) is 11.7 Å². The second-order valence-electron chi connectivity index (χ2n) is 5.06. The molecule has 1 unspecified atom stereocenters. The summed E-state index contributed by atoms with van der Waals surface area (Å²) in [5.74, 6) is 0.970. The number of amides is 1. The third-order valence-corrected chi connectivity index (χ3v) is 4.70. The van der Waals surface area contributed by atoms with E-state index < -0.39 is 13.0 Å². The summed E-state index contributed by atoms with van der Waals surface area (Å²) in [6.45, 7) is 1.27. The number of rotatable bonds is 6. The predicted molar refractivity (Wildman–Crippen MR) is 97.0 cm³/mol. The first kappa shape index (κ1) is 22.3. The van der Waals surface area contributed by atoms with E-state index >= 15 is 0 Å². The van der Waals surface area contributed by atoms with Crippen LogP contribution in [0.5, 0.6) is 5.75 Å². The average Bonchev–Trinajstić information content (AvgIpc) is 2.50. The summed E-state index contributed by atoms with van der Waals surface area (Å²) in [5, 5.41) is 0. The SMILES string of the molecule is CSCOc1ccc(C2=[C-]CC(I)C(=O)N2CC(F)F)c(C)c1.[Y]. The molecule has 129 valence electrons. The number of carbonyl (C=O) groups excluding carboxylic acids is 1. The first-order valence-corrected chi connectivity index (χ1v) is 9.65. The fourth-order valence-electron chi connectivity index (χ4n) is 2.33. The average molecular weight is 541 g/mol. The van der Waals surface area contributed by atoms with Crippen LogP contribution in [0, 0.1) is 13.0 Å². The quantitative estimate of drug-likeness (QED) is 0.235. The van der Waals surface area contributed by atoms with Crippen LogP contribution >= 0.6 is 34.4 Å². The number of hydrogen-bond acceptors (Lipinski definition) is 3. The Balaban J connectivity index is 0.00000288. The van der Waals surface area contributed by atoms with Crippen molar-refractivity contribution in [1.82, 2.24) is 4.90 Å². The van der Waals surface area contributed by atoms with Gasteiger partial charge in [0.15, 0.2) is 0 Å². The van der Waals surface area contributed by atoms with Gasteiger partial charge in [-0.2, -0.15) is 0 Å². The first-order valence-electron chi connectivity index (χ1n) is 7.01. The smallest absolute Gasteiger partial charge is 0.256 e. The summed E-state index contributed by atoms with van der Waals surface area (Å²) in [4.78, 5) is 13.4. The summed E-state index contributed by atoms with van der Waals surface area (Å²) in [6, 6.07) is 5.43. The van der Waals surface area contributed by atoms with Crippen molar-refractivity contribution in [3.8, 4) is 5.75 Å². The molecule has 0 spiro atoms. The number of hydrogen-bond donors (Lipinski definition) is 0. The number of ether oxygens (including phenoxy) is 1. The minimum atomic E-state index is -2.58. The van der Waals surface area contributed by atoms with Gasteiger partial charge in [-0.05, 0) is 18.4 Å². The van der Waals surface area contributed by atoms with Gasteiger partial charge < -0.3 is 9.64 Å². The molecule has 0 aromatic heterocycles. The second-order valence-corrected chi connectivity index (χ2v) is 7.38. The Labute approximate surface area is 184 Å². The molecule has 0 saturated heterocycles. The van der Waals surface area contributed by atoms with Gasteiger partial charge in [0.2, 0.25) is 5.91 Å². The largest absolute Gasteiger partial charge is 0.483 e. The Morgan fingerprint density at radius 3 is 2.79 bits per heavy atom. The Bertz CT molecular complexity index is 616. The van der Waals surface area contributed by atoms with E-state index in [1.807, 2.05) is 41.8 Å². The predicted octanol–water partition coefficient (Wildman–Crippen LogP) is 4.14. The van der Waals surface area contributed by atoms with Crippen LogP contribution in [0.25, 0.3) is 5.70 Å². The van der Waals surface area contributed by atoms with Crippen LogP contribution in [0.15, 0.2) is 18.2 Å². The normalized spacial score (nSPS) is 17.6. The third kappa shape index (κ3) is 5.64. The topological polar surface area (TPSA) is 29.5 Å². The Kier molecular flexibility index (Phi) is 9.70. The summed E-state index contributed by atoms with van der Waals surface area (Å²) in [7, 11) is 0. The molecule has 0 aliphatic carbocycles. The molecule has 1 heterocycles. The van der Waals surface area contributed by atoms with E-state index in [2.05, 4.69) is 6.08 Å². The van der Waals surface area contributed by atoms with Gasteiger partial charge >= 0.3 is 0 Å². The molecule has 1 aromatic carbocycles. The van der Waals surface area contributed by atoms with Gasteiger partial charge in [0, 0.05) is 32.7 Å². The number of nitrogens with zero attached hydrogens (tertiary/aromatic N) is 1. The molecule has 1 aliphatic rings. The molecular formula is C16H17F2INO2SY-. The van der Waals surface area contributed by atoms with Gasteiger partial charge in [-0.3, -0.25) is 4.79 Å². The zero-order valence-electron chi connectivity index (χ0n) is 13.4. The molecule has 1 atom stereocenters. The van der Waals surface area contributed by atoms with Gasteiger partial charge in [-0.25, -0.2) is 14.9 Å². The monoisotopic (exact) mass is 541 g/mol. The van der Waals surface area contributed by atoms with Crippen molar-refractivity contribution in [2.75, 3.05) is 18.7 Å². The van der Waals surface area contributed by atoms with Gasteiger partial charge in [-0.15, -0.1) is 34.7 Å². The van der Waals surface area contributed by atoms with Crippen LogP contribution in [0.1, 0.15) is 17.5 Å². The van der Waals surface area contributed by atoms with Gasteiger partial charge in [0.05, 0.1) is 10.5 Å². The van der Waals surface area contributed by atoms with Crippen molar-refractivity contribution in [2.24, 2.45) is 0 Å². The fraction of sp³-hybridized carbons (Fsp3) is 0.438. The molecule has 0 N–H and O–H groups in total. The first-order chi connectivity index (χ1) is 10.9. The van der Waals surface area contributed by atoms with Crippen molar-refractivity contribution >= 4 is 46.0 Å². The van der Waals surface area contributed by atoms with Gasteiger partial charge in [0.25, 0.3) is 6.43 Å². The van der Waals surface area contributed by atoms with E-state index in [0.29, 0.717) is 18.1 Å². The molecule has 1 radical (unpaired) electrons. The number of halogens is 3. The molecule has 0 bridgehead atoms. The zero-order valence-corrected chi connectivity index (χ0v) is 19.2. The van der Waals surface area contributed by atoms with Crippen LogP contribution in [0.3, 0.4) is 0 Å². The molecule has 1 aliphatic heterocycles. The number of allylic oxidation sites excluding steroid dienone is 1. The number of carbonyl (C=O) groups is 1. The molecule has 1 aromatic rings. The summed E-state index contributed by atoms with van der Waals surface area (Å²) >= 11 is 3.53. The third-order valence-electron chi connectivity index (χ3n) is 3.37. The van der Waals surface area contributed by atoms with Crippen molar-refractivity contribution in [1.29, 1.82) is 0 Å². The Morgan fingerprint density at radius 1 is 1.50 bits per heavy atom. The van der Waals surface area contributed by atoms with Crippen LogP contribution < -0.4 is 4.74 Å². The van der Waals surface area contributed by atoms with E-state index in [0.717, 1.165) is 21.8 Å². The molecule has 3 nitrogen and oxygen atoms in total. The van der Waals surface area contributed by atoms with Crippen LogP contribution in [0.2, 0.25) is 0 Å². The maximum absolute atomic E-state index is 12.9. The Hall–Kier alpha value is 0.274. The van der Waals surface area contributed by atoms with E-state index in [9.17, 15) is 13.6 Å². The van der Waals surface area contributed by atoms with E-state index in [-0.39, 0.29) is 42.5 Å². The zero-order chi connectivity index (χ0) is 17.0. The van der Waals surface area contributed by atoms with E-state index in [1.54, 1.807) is 23.9 Å². The van der Waals surface area contributed by atoms with E-state index in [4.69, 9.17) is 4.74 Å². The number of aryl methyl sites for hydroxylation is 1. The number of thioether (sulfide) groups is 1. The minimum Gasteiger partial charge on any atom is -0.483 e. The Morgan fingerprint density at radius 2 is 2.21 bits per heavy atom. The van der Waals surface area contributed by atoms with Crippen LogP contribution in [-0.4, -0.2) is 39.9 Å². The van der Waals surface area contributed by atoms with Crippen molar-refractivity contribution in [3.63, 3.8) is 0 Å². The van der Waals surface area contributed by atoms with Crippen molar-refractivity contribution in [3.05, 3.63) is 35.4 Å². The molecule has 8 heteroatoms. The molecular weight excluding hydrogens is 524 g/mol.